The minimum Gasteiger partial charge on any atom is -1.00 e. The van der Waals surface area contributed by atoms with Crippen molar-refractivity contribution in [1.29, 1.82) is 0 Å². The fraction of sp³-hybridized carbons (Fsp3) is 0. The Morgan fingerprint density at radius 3 is 0.500 bits per heavy atom. The average molecular weight is 208 g/mol. The van der Waals surface area contributed by atoms with E-state index in [2.05, 4.69) is 0 Å². The zero-order chi connectivity index (χ0) is 0. The Balaban J connectivity index is 0. The molecule has 0 aliphatic carbocycles. The molecule has 0 aliphatic rings. The predicted molar refractivity (Wildman–Crippen MR) is 14.5 cm³/mol. The molecule has 0 aliphatic heterocycles. The van der Waals surface area contributed by atoms with Crippen molar-refractivity contribution < 1.29 is 56.0 Å². The number of halogens is 1. The summed E-state index contributed by atoms with van der Waals surface area (Å²) >= 11 is 0. The smallest absolute Gasteiger partial charge is 1.00 e. The van der Waals surface area contributed by atoms with Gasteiger partial charge in [-0.2, -0.15) is 0 Å². The van der Waals surface area contributed by atoms with Crippen molar-refractivity contribution in [3.8, 4) is 0 Å². The van der Waals surface area contributed by atoms with Gasteiger partial charge >= 0.3 is 17.1 Å². The van der Waals surface area contributed by atoms with E-state index in [1.807, 2.05) is 0 Å². The summed E-state index contributed by atoms with van der Waals surface area (Å²) in [6.07, 6.45) is 0. The van der Waals surface area contributed by atoms with Gasteiger partial charge in [-0.15, -0.1) is 0 Å². The Morgan fingerprint density at radius 1 is 0.500 bits per heavy atom. The molecule has 0 heterocycles. The van der Waals surface area contributed by atoms with Crippen LogP contribution in [-0.4, -0.2) is 21.9 Å². The molecular weight excluding hydrogens is 200 g/mol. The summed E-state index contributed by atoms with van der Waals surface area (Å²) in [4.78, 5) is 0. The van der Waals surface area contributed by atoms with Gasteiger partial charge in [-0.25, -0.2) is 0 Å². The molecule has 0 aromatic carbocycles. The molecule has 0 rings (SSSR count). The van der Waals surface area contributed by atoms with E-state index in [1.54, 1.807) is 0 Å². The van der Waals surface area contributed by atoms with Crippen molar-refractivity contribution in [2.24, 2.45) is 0 Å². The van der Waals surface area contributed by atoms with Gasteiger partial charge in [-0.1, -0.05) is 0 Å². The molecule has 0 saturated heterocycles. The van der Waals surface area contributed by atoms with Crippen molar-refractivity contribution in [2.75, 3.05) is 0 Å². The van der Waals surface area contributed by atoms with Gasteiger partial charge in [0.1, 0.15) is 0 Å². The molecular formula is H8BrFeO4+. The maximum atomic E-state index is 0. The molecule has 0 bridgehead atoms. The topological polar surface area (TPSA) is 126 Å². The van der Waals surface area contributed by atoms with E-state index in [-0.39, 0.29) is 56.0 Å². The van der Waals surface area contributed by atoms with Gasteiger partial charge < -0.3 is 38.9 Å². The molecule has 6 heteroatoms. The van der Waals surface area contributed by atoms with Crippen LogP contribution >= 0.6 is 0 Å². The van der Waals surface area contributed by atoms with Gasteiger partial charge in [0, 0.05) is 0 Å². The molecule has 4 nitrogen and oxygen atoms in total. The van der Waals surface area contributed by atoms with E-state index in [4.69, 9.17) is 0 Å². The summed E-state index contributed by atoms with van der Waals surface area (Å²) in [5.41, 5.74) is 0. The average Bonchev–Trinajstić information content (AvgIpc) is 0. The Labute approximate surface area is 56.4 Å². The van der Waals surface area contributed by atoms with Gasteiger partial charge in [0.2, 0.25) is 0 Å². The van der Waals surface area contributed by atoms with Crippen molar-refractivity contribution in [1.82, 2.24) is 0 Å². The Morgan fingerprint density at radius 2 is 0.500 bits per heavy atom. The summed E-state index contributed by atoms with van der Waals surface area (Å²) in [5, 5.41) is 0. The van der Waals surface area contributed by atoms with Crippen molar-refractivity contribution >= 4 is 0 Å². The molecule has 0 atom stereocenters. The monoisotopic (exact) mass is 207 g/mol. The Bertz CT molecular complexity index is 7.51. The fourth-order valence-corrected chi connectivity index (χ4v) is 0. The first kappa shape index (κ1) is 331. The third-order valence-corrected chi connectivity index (χ3v) is 0. The summed E-state index contributed by atoms with van der Waals surface area (Å²) in [6.45, 7) is 0. The first-order valence-corrected chi connectivity index (χ1v) is 0. The van der Waals surface area contributed by atoms with Crippen molar-refractivity contribution in [3.63, 3.8) is 0 Å². The molecule has 0 aromatic rings. The van der Waals surface area contributed by atoms with Gasteiger partial charge in [0.25, 0.3) is 0 Å². The second-order valence-electron chi connectivity index (χ2n) is 0. The molecule has 0 amide bonds. The fourth-order valence-electron chi connectivity index (χ4n) is 0. The molecule has 46 valence electrons. The summed E-state index contributed by atoms with van der Waals surface area (Å²) in [7, 11) is 0. The van der Waals surface area contributed by atoms with Gasteiger partial charge in [0.05, 0.1) is 0 Å². The van der Waals surface area contributed by atoms with Crippen LogP contribution in [-0.2, 0) is 17.1 Å². The standard InChI is InChI=1S/BrH.Fe.4H2O/h1H;;4*1H2/q;+2;;;;/p-1. The SMILES string of the molecule is O.O.O.O.[Br-].[Fe+2]. The second-order valence-corrected chi connectivity index (χ2v) is 0. The van der Waals surface area contributed by atoms with E-state index in [1.165, 1.54) is 0 Å². The van der Waals surface area contributed by atoms with E-state index in [0.717, 1.165) is 0 Å². The van der Waals surface area contributed by atoms with Crippen LogP contribution in [0, 0.1) is 0 Å². The van der Waals surface area contributed by atoms with Crippen LogP contribution in [0.2, 0.25) is 0 Å². The van der Waals surface area contributed by atoms with E-state index in [0.29, 0.717) is 0 Å². The van der Waals surface area contributed by atoms with Crippen LogP contribution in [0.15, 0.2) is 0 Å². The second kappa shape index (κ2) is 194. The summed E-state index contributed by atoms with van der Waals surface area (Å²) < 4.78 is 0. The van der Waals surface area contributed by atoms with Crippen LogP contribution in [0.25, 0.3) is 0 Å². The molecule has 0 fully saturated rings. The first-order chi connectivity index (χ1) is 0. The molecule has 0 unspecified atom stereocenters. The number of rotatable bonds is 0. The molecule has 8 N–H and O–H groups in total. The third kappa shape index (κ3) is 101. The Kier molecular flexibility index (Phi) is 10700. The van der Waals surface area contributed by atoms with Crippen LogP contribution in [0.3, 0.4) is 0 Å². The summed E-state index contributed by atoms with van der Waals surface area (Å²) in [6, 6.07) is 0. The molecule has 0 saturated carbocycles. The molecule has 0 spiro atoms. The van der Waals surface area contributed by atoms with Gasteiger partial charge in [0.15, 0.2) is 0 Å². The normalized spacial score (nSPS) is 0. The molecule has 6 heavy (non-hydrogen) atoms. The third-order valence-electron chi connectivity index (χ3n) is 0. The maximum absolute atomic E-state index is 0. The maximum Gasteiger partial charge on any atom is 2.00 e. The largest absolute Gasteiger partial charge is 2.00 e. The quantitative estimate of drug-likeness (QED) is 0.351. The van der Waals surface area contributed by atoms with Gasteiger partial charge in [-0.3, -0.25) is 0 Å². The van der Waals surface area contributed by atoms with Crippen LogP contribution < -0.4 is 17.0 Å². The summed E-state index contributed by atoms with van der Waals surface area (Å²) in [5.74, 6) is 0. The van der Waals surface area contributed by atoms with Gasteiger partial charge in [-0.05, 0) is 0 Å². The van der Waals surface area contributed by atoms with Crippen molar-refractivity contribution in [2.45, 2.75) is 0 Å². The van der Waals surface area contributed by atoms with E-state index < -0.39 is 0 Å². The minimum atomic E-state index is 0. The van der Waals surface area contributed by atoms with E-state index >= 15 is 0 Å². The zero-order valence-corrected chi connectivity index (χ0v) is 5.42. The first-order valence-electron chi connectivity index (χ1n) is 0. The van der Waals surface area contributed by atoms with E-state index in [9.17, 15) is 0 Å². The Hall–Kier alpha value is 0.839. The zero-order valence-electron chi connectivity index (χ0n) is 2.73. The number of hydrogen-bond acceptors (Lipinski definition) is 0. The van der Waals surface area contributed by atoms with Crippen LogP contribution in [0.4, 0.5) is 0 Å². The molecule has 0 radical (unpaired) electrons. The number of hydrogen-bond donors (Lipinski definition) is 0. The molecule has 0 aromatic heterocycles. The van der Waals surface area contributed by atoms with Crippen molar-refractivity contribution in [3.05, 3.63) is 0 Å². The van der Waals surface area contributed by atoms with Crippen LogP contribution in [0.5, 0.6) is 0 Å². The predicted octanol–water partition coefficient (Wildman–Crippen LogP) is -6.30. The minimum absolute atomic E-state index is 0. The van der Waals surface area contributed by atoms with Crippen LogP contribution in [0.1, 0.15) is 0 Å².